The van der Waals surface area contributed by atoms with Gasteiger partial charge in [-0.15, -0.1) is 0 Å². The molecule has 0 spiro atoms. The molecule has 3 N–H and O–H groups in total. The maximum Gasteiger partial charge on any atom is 0.319 e. The van der Waals surface area contributed by atoms with Gasteiger partial charge in [0.1, 0.15) is 18.2 Å². The van der Waals surface area contributed by atoms with Gasteiger partial charge >= 0.3 is 6.03 Å². The first-order chi connectivity index (χ1) is 13.4. The molecule has 28 heavy (non-hydrogen) atoms. The van der Waals surface area contributed by atoms with Crippen LogP contribution >= 0.6 is 11.6 Å². The predicted molar refractivity (Wildman–Crippen MR) is 105 cm³/mol. The first-order valence-corrected chi connectivity index (χ1v) is 8.68. The van der Waals surface area contributed by atoms with Crippen LogP contribution in [-0.4, -0.2) is 18.5 Å². The Kier molecular flexibility index (Phi) is 7.43. The smallest absolute Gasteiger partial charge is 0.319 e. The van der Waals surface area contributed by atoms with E-state index in [1.165, 1.54) is 12.1 Å². The number of nitrogens with zero attached hydrogens (tertiary/aromatic N) is 1. The first kappa shape index (κ1) is 20.8. The van der Waals surface area contributed by atoms with Crippen molar-refractivity contribution in [2.75, 3.05) is 6.61 Å². The summed E-state index contributed by atoms with van der Waals surface area (Å²) in [7, 11) is 0. The van der Waals surface area contributed by atoms with Gasteiger partial charge in [0.25, 0.3) is 5.91 Å². The zero-order valence-corrected chi connectivity index (χ0v) is 15.8. The second-order valence-electron chi connectivity index (χ2n) is 5.53. The topological polar surface area (TPSA) is 114 Å². The van der Waals surface area contributed by atoms with Crippen LogP contribution in [0.25, 0.3) is 6.08 Å². The highest BCUT2D eigenvalue weighted by molar-refractivity contribution is 6.32. The molecule has 144 valence electrons. The molecule has 7 nitrogen and oxygen atoms in total. The highest BCUT2D eigenvalue weighted by atomic mass is 35.5. The Morgan fingerprint density at radius 2 is 1.96 bits per heavy atom. The van der Waals surface area contributed by atoms with Crippen LogP contribution in [-0.2, 0) is 11.4 Å². The molecule has 0 radical (unpaired) electrons. The molecule has 0 bridgehead atoms. The molecular weight excluding hydrogens is 382 g/mol. The minimum Gasteiger partial charge on any atom is -0.490 e. The monoisotopic (exact) mass is 399 g/mol. The number of hydrogen-bond donors (Lipinski definition) is 2. The maximum absolute atomic E-state index is 11.8. The molecule has 0 saturated heterocycles. The van der Waals surface area contributed by atoms with Crippen LogP contribution in [0.3, 0.4) is 0 Å². The molecule has 0 aliphatic heterocycles. The molecule has 0 aromatic heterocycles. The van der Waals surface area contributed by atoms with Gasteiger partial charge in [0.15, 0.2) is 11.5 Å². The molecule has 0 unspecified atom stereocenters. The maximum atomic E-state index is 11.8. The lowest BCUT2D eigenvalue weighted by atomic mass is 10.1. The van der Waals surface area contributed by atoms with E-state index in [4.69, 9.17) is 32.1 Å². The van der Waals surface area contributed by atoms with E-state index in [2.05, 4.69) is 0 Å². The van der Waals surface area contributed by atoms with Gasteiger partial charge in [-0.3, -0.25) is 10.1 Å². The number of carbonyl (C=O) groups excluding carboxylic acids is 2. The van der Waals surface area contributed by atoms with Crippen molar-refractivity contribution in [3.63, 3.8) is 0 Å². The van der Waals surface area contributed by atoms with Crippen molar-refractivity contribution >= 4 is 29.6 Å². The van der Waals surface area contributed by atoms with Crippen molar-refractivity contribution in [3.05, 3.63) is 64.2 Å². The number of ether oxygens (including phenoxy) is 2. The molecule has 0 fully saturated rings. The van der Waals surface area contributed by atoms with E-state index in [1.54, 1.807) is 19.1 Å². The first-order valence-electron chi connectivity index (χ1n) is 8.30. The van der Waals surface area contributed by atoms with Crippen LogP contribution in [0.15, 0.2) is 48.0 Å². The van der Waals surface area contributed by atoms with E-state index < -0.39 is 11.9 Å². The fourth-order valence-electron chi connectivity index (χ4n) is 2.30. The largest absolute Gasteiger partial charge is 0.490 e. The zero-order valence-electron chi connectivity index (χ0n) is 15.1. The summed E-state index contributed by atoms with van der Waals surface area (Å²) < 4.78 is 11.4. The van der Waals surface area contributed by atoms with Crippen molar-refractivity contribution in [1.82, 2.24) is 5.32 Å². The summed E-state index contributed by atoms with van der Waals surface area (Å²) in [6.07, 6.45) is 1.27. The summed E-state index contributed by atoms with van der Waals surface area (Å²) in [5, 5.41) is 11.2. The third-order valence-electron chi connectivity index (χ3n) is 3.47. The lowest BCUT2D eigenvalue weighted by Gasteiger charge is -2.14. The van der Waals surface area contributed by atoms with Gasteiger partial charge in [0.2, 0.25) is 0 Å². The Hall–Kier alpha value is -3.50. The van der Waals surface area contributed by atoms with Crippen molar-refractivity contribution in [2.24, 2.45) is 5.73 Å². The van der Waals surface area contributed by atoms with Crippen molar-refractivity contribution in [1.29, 1.82) is 5.26 Å². The van der Waals surface area contributed by atoms with E-state index in [-0.39, 0.29) is 10.6 Å². The quantitative estimate of drug-likeness (QED) is 0.546. The van der Waals surface area contributed by atoms with Crippen molar-refractivity contribution in [2.45, 2.75) is 13.5 Å². The molecule has 0 saturated carbocycles. The fraction of sp³-hybridized carbons (Fsp3) is 0.150. The van der Waals surface area contributed by atoms with Crippen LogP contribution < -0.4 is 20.5 Å². The summed E-state index contributed by atoms with van der Waals surface area (Å²) in [5.74, 6) is -0.192. The predicted octanol–water partition coefficient (Wildman–Crippen LogP) is 3.42. The van der Waals surface area contributed by atoms with Gasteiger partial charge in [-0.05, 0) is 36.3 Å². The summed E-state index contributed by atoms with van der Waals surface area (Å²) in [6, 6.07) is 13.3. The standard InChI is InChI=1S/C20H18ClN3O4/c1-2-27-17-10-14(8-15(11-22)19(25)24-20(23)26)9-16(21)18(17)28-12-13-6-4-3-5-7-13/h3-10H,2,12H2,1H3,(H3,23,24,25,26)/b15-8-. The minimum atomic E-state index is -1.05. The van der Waals surface area contributed by atoms with Crippen LogP contribution in [0, 0.1) is 11.3 Å². The molecule has 0 aliphatic carbocycles. The molecule has 0 aliphatic rings. The lowest BCUT2D eigenvalue weighted by molar-refractivity contribution is -0.115. The van der Waals surface area contributed by atoms with Gasteiger partial charge in [0.05, 0.1) is 11.6 Å². The van der Waals surface area contributed by atoms with Gasteiger partial charge < -0.3 is 15.2 Å². The number of rotatable bonds is 7. The lowest BCUT2D eigenvalue weighted by Crippen LogP contribution is -2.35. The Balaban J connectivity index is 2.33. The highest BCUT2D eigenvalue weighted by Gasteiger charge is 2.15. The van der Waals surface area contributed by atoms with E-state index in [0.29, 0.717) is 30.3 Å². The van der Waals surface area contributed by atoms with Gasteiger partial charge in [-0.25, -0.2) is 4.79 Å². The van der Waals surface area contributed by atoms with E-state index in [1.807, 2.05) is 35.6 Å². The number of carbonyl (C=O) groups is 2. The van der Waals surface area contributed by atoms with Gasteiger partial charge in [0, 0.05) is 0 Å². The highest BCUT2D eigenvalue weighted by Crippen LogP contribution is 2.37. The van der Waals surface area contributed by atoms with Crippen LogP contribution in [0.1, 0.15) is 18.1 Å². The van der Waals surface area contributed by atoms with Gasteiger partial charge in [-0.1, -0.05) is 41.9 Å². The molecule has 8 heteroatoms. The summed E-state index contributed by atoms with van der Waals surface area (Å²) >= 11 is 6.34. The Morgan fingerprint density at radius 1 is 1.25 bits per heavy atom. The van der Waals surface area contributed by atoms with E-state index >= 15 is 0 Å². The number of halogens is 1. The fourth-order valence-corrected chi connectivity index (χ4v) is 2.57. The molecular formula is C20H18ClN3O4. The van der Waals surface area contributed by atoms with Crippen molar-refractivity contribution < 1.29 is 19.1 Å². The van der Waals surface area contributed by atoms with Crippen LogP contribution in [0.2, 0.25) is 5.02 Å². The number of nitrogens with two attached hydrogens (primary N) is 1. The Bertz CT molecular complexity index is 936. The third kappa shape index (κ3) is 5.76. The Morgan fingerprint density at radius 3 is 2.57 bits per heavy atom. The molecule has 2 aromatic carbocycles. The third-order valence-corrected chi connectivity index (χ3v) is 3.75. The van der Waals surface area contributed by atoms with E-state index in [9.17, 15) is 9.59 Å². The number of imide groups is 1. The van der Waals surface area contributed by atoms with Gasteiger partial charge in [-0.2, -0.15) is 5.26 Å². The van der Waals surface area contributed by atoms with Crippen molar-refractivity contribution in [3.8, 4) is 17.6 Å². The molecule has 3 amide bonds. The average Bonchev–Trinajstić information content (AvgIpc) is 2.66. The normalized spacial score (nSPS) is 10.7. The van der Waals surface area contributed by atoms with E-state index in [0.717, 1.165) is 5.56 Å². The summed E-state index contributed by atoms with van der Waals surface area (Å²) in [6.45, 7) is 2.46. The number of primary amides is 1. The van der Waals surface area contributed by atoms with Crippen LogP contribution in [0.4, 0.5) is 4.79 Å². The summed E-state index contributed by atoms with van der Waals surface area (Å²) in [4.78, 5) is 22.6. The SMILES string of the molecule is CCOc1cc(/C=C(/C#N)C(=O)NC(N)=O)cc(Cl)c1OCc1ccccc1. The second-order valence-corrected chi connectivity index (χ2v) is 5.93. The number of amides is 3. The molecule has 0 atom stereocenters. The number of urea groups is 1. The zero-order chi connectivity index (χ0) is 20.5. The number of benzene rings is 2. The number of hydrogen-bond acceptors (Lipinski definition) is 5. The van der Waals surface area contributed by atoms with Crippen LogP contribution in [0.5, 0.6) is 11.5 Å². The minimum absolute atomic E-state index is 0.251. The molecule has 2 rings (SSSR count). The molecule has 2 aromatic rings. The number of nitriles is 1. The Labute approximate surface area is 167 Å². The molecule has 0 heterocycles. The average molecular weight is 400 g/mol. The number of nitrogens with one attached hydrogen (secondary N) is 1. The summed E-state index contributed by atoms with van der Waals surface area (Å²) in [5.41, 5.74) is 5.98. The second kappa shape index (κ2) is 10.00.